The molecule has 0 fully saturated rings. The maximum absolute atomic E-state index is 12.2. The smallest absolute Gasteiger partial charge is 0.416 e. The van der Waals surface area contributed by atoms with E-state index in [-0.39, 0.29) is 12.6 Å². The summed E-state index contributed by atoms with van der Waals surface area (Å²) in [7, 11) is 0. The highest BCUT2D eigenvalue weighted by molar-refractivity contribution is 5.28. The van der Waals surface area contributed by atoms with Gasteiger partial charge >= 0.3 is 6.18 Å². The van der Waals surface area contributed by atoms with Crippen molar-refractivity contribution < 1.29 is 17.9 Å². The number of nitrogens with two attached hydrogens (primary N) is 1. The van der Waals surface area contributed by atoms with E-state index < -0.39 is 11.7 Å². The first-order valence-corrected chi connectivity index (χ1v) is 4.45. The van der Waals surface area contributed by atoms with E-state index in [9.17, 15) is 13.2 Å². The van der Waals surface area contributed by atoms with Gasteiger partial charge in [-0.15, -0.1) is 0 Å². The molecule has 5 heteroatoms. The molecule has 1 aromatic carbocycles. The van der Waals surface area contributed by atoms with Gasteiger partial charge in [0.25, 0.3) is 0 Å². The summed E-state index contributed by atoms with van der Waals surface area (Å²) in [6.07, 6.45) is -4.31. The SMILES string of the molecule is C[C@H](N)COc1ccc(C(F)(F)F)cc1. The summed E-state index contributed by atoms with van der Waals surface area (Å²) in [6, 6.07) is 4.39. The first-order valence-electron chi connectivity index (χ1n) is 4.45. The number of benzene rings is 1. The zero-order chi connectivity index (χ0) is 11.5. The second kappa shape index (κ2) is 4.53. The molecule has 0 spiro atoms. The third kappa shape index (κ3) is 3.79. The molecule has 1 atom stereocenters. The Balaban J connectivity index is 2.65. The second-order valence-corrected chi connectivity index (χ2v) is 3.31. The predicted octanol–water partition coefficient (Wildman–Crippen LogP) is 2.43. The molecule has 0 aromatic heterocycles. The minimum atomic E-state index is -4.31. The van der Waals surface area contributed by atoms with Gasteiger partial charge in [-0.3, -0.25) is 0 Å². The Labute approximate surface area is 85.8 Å². The van der Waals surface area contributed by atoms with E-state index in [0.717, 1.165) is 12.1 Å². The van der Waals surface area contributed by atoms with Crippen molar-refractivity contribution in [3.8, 4) is 5.75 Å². The average molecular weight is 219 g/mol. The van der Waals surface area contributed by atoms with Crippen molar-refractivity contribution in [1.82, 2.24) is 0 Å². The van der Waals surface area contributed by atoms with Gasteiger partial charge in [-0.1, -0.05) is 0 Å². The number of ether oxygens (including phenoxy) is 1. The first-order chi connectivity index (χ1) is 6.89. The van der Waals surface area contributed by atoms with Gasteiger partial charge in [0.15, 0.2) is 0 Å². The number of hydrogen-bond donors (Lipinski definition) is 1. The molecule has 2 nitrogen and oxygen atoms in total. The van der Waals surface area contributed by atoms with E-state index in [0.29, 0.717) is 5.75 Å². The van der Waals surface area contributed by atoms with Crippen molar-refractivity contribution in [2.75, 3.05) is 6.61 Å². The Kier molecular flexibility index (Phi) is 3.57. The van der Waals surface area contributed by atoms with Crippen LogP contribution in [0.1, 0.15) is 12.5 Å². The quantitative estimate of drug-likeness (QED) is 0.847. The molecule has 1 rings (SSSR count). The maximum atomic E-state index is 12.2. The fourth-order valence-corrected chi connectivity index (χ4v) is 0.968. The van der Waals surface area contributed by atoms with Crippen LogP contribution in [-0.4, -0.2) is 12.6 Å². The van der Waals surface area contributed by atoms with Gasteiger partial charge in [0.1, 0.15) is 12.4 Å². The number of hydrogen-bond acceptors (Lipinski definition) is 2. The zero-order valence-corrected chi connectivity index (χ0v) is 8.21. The summed E-state index contributed by atoms with van der Waals surface area (Å²) < 4.78 is 41.7. The molecular weight excluding hydrogens is 207 g/mol. The van der Waals surface area contributed by atoms with E-state index in [4.69, 9.17) is 10.5 Å². The molecule has 0 unspecified atom stereocenters. The van der Waals surface area contributed by atoms with E-state index in [2.05, 4.69) is 0 Å². The Morgan fingerprint density at radius 3 is 2.20 bits per heavy atom. The summed E-state index contributed by atoms with van der Waals surface area (Å²) in [5, 5.41) is 0. The summed E-state index contributed by atoms with van der Waals surface area (Å²) in [4.78, 5) is 0. The third-order valence-corrected chi connectivity index (χ3v) is 1.69. The normalized spacial score (nSPS) is 13.7. The largest absolute Gasteiger partial charge is 0.492 e. The lowest BCUT2D eigenvalue weighted by molar-refractivity contribution is -0.137. The van der Waals surface area contributed by atoms with Crippen LogP contribution in [0.4, 0.5) is 13.2 Å². The van der Waals surface area contributed by atoms with Crippen LogP contribution in [0.3, 0.4) is 0 Å². The molecule has 2 N–H and O–H groups in total. The lowest BCUT2D eigenvalue weighted by atomic mass is 10.2. The van der Waals surface area contributed by atoms with Gasteiger partial charge in [-0.2, -0.15) is 13.2 Å². The molecule has 0 heterocycles. The first kappa shape index (κ1) is 11.8. The van der Waals surface area contributed by atoms with Crippen molar-refractivity contribution in [2.45, 2.75) is 19.1 Å². The summed E-state index contributed by atoms with van der Waals surface area (Å²) in [5.41, 5.74) is 4.75. The topological polar surface area (TPSA) is 35.2 Å². The zero-order valence-electron chi connectivity index (χ0n) is 8.21. The van der Waals surface area contributed by atoms with Gasteiger partial charge in [0.2, 0.25) is 0 Å². The van der Waals surface area contributed by atoms with Crippen molar-refractivity contribution in [2.24, 2.45) is 5.73 Å². The van der Waals surface area contributed by atoms with Crippen LogP contribution in [0.15, 0.2) is 24.3 Å². The fraction of sp³-hybridized carbons (Fsp3) is 0.400. The van der Waals surface area contributed by atoms with Crippen LogP contribution in [0.5, 0.6) is 5.75 Å². The number of halogens is 3. The van der Waals surface area contributed by atoms with Gasteiger partial charge in [0, 0.05) is 6.04 Å². The standard InChI is InChI=1S/C10H12F3NO/c1-7(14)6-15-9-4-2-8(3-5-9)10(11,12)13/h2-5,7H,6,14H2,1H3/t7-/m0/s1. The summed E-state index contributed by atoms with van der Waals surface area (Å²) >= 11 is 0. The van der Waals surface area contributed by atoms with Gasteiger partial charge in [-0.05, 0) is 31.2 Å². The third-order valence-electron chi connectivity index (χ3n) is 1.69. The Bertz CT molecular complexity index is 305. The molecule has 0 bridgehead atoms. The van der Waals surface area contributed by atoms with E-state index >= 15 is 0 Å². The van der Waals surface area contributed by atoms with Crippen LogP contribution < -0.4 is 10.5 Å². The molecule has 15 heavy (non-hydrogen) atoms. The van der Waals surface area contributed by atoms with Gasteiger partial charge in [-0.25, -0.2) is 0 Å². The van der Waals surface area contributed by atoms with Crippen molar-refractivity contribution in [1.29, 1.82) is 0 Å². The maximum Gasteiger partial charge on any atom is 0.416 e. The summed E-state index contributed by atoms with van der Waals surface area (Å²) in [5.74, 6) is 0.389. The molecule has 0 aliphatic carbocycles. The Morgan fingerprint density at radius 2 is 1.80 bits per heavy atom. The van der Waals surface area contributed by atoms with Crippen LogP contribution in [0.2, 0.25) is 0 Å². The molecule has 0 aliphatic rings. The van der Waals surface area contributed by atoms with Crippen molar-refractivity contribution in [3.05, 3.63) is 29.8 Å². The highest BCUT2D eigenvalue weighted by Crippen LogP contribution is 2.30. The number of alkyl halides is 3. The minimum Gasteiger partial charge on any atom is -0.492 e. The Hall–Kier alpha value is -1.23. The lowest BCUT2D eigenvalue weighted by Crippen LogP contribution is -2.23. The van der Waals surface area contributed by atoms with Crippen LogP contribution >= 0.6 is 0 Å². The molecule has 0 saturated carbocycles. The fourth-order valence-electron chi connectivity index (χ4n) is 0.968. The van der Waals surface area contributed by atoms with Gasteiger partial charge in [0.05, 0.1) is 5.56 Å². The molecule has 0 amide bonds. The van der Waals surface area contributed by atoms with E-state index in [1.165, 1.54) is 12.1 Å². The minimum absolute atomic E-state index is 0.146. The van der Waals surface area contributed by atoms with E-state index in [1.807, 2.05) is 0 Å². The highest BCUT2D eigenvalue weighted by atomic mass is 19.4. The highest BCUT2D eigenvalue weighted by Gasteiger charge is 2.29. The average Bonchev–Trinajstić information content (AvgIpc) is 2.14. The molecule has 0 aliphatic heterocycles. The van der Waals surface area contributed by atoms with Crippen LogP contribution in [-0.2, 0) is 6.18 Å². The number of rotatable bonds is 3. The molecule has 1 aromatic rings. The lowest BCUT2D eigenvalue weighted by Gasteiger charge is -2.10. The molecule has 84 valence electrons. The second-order valence-electron chi connectivity index (χ2n) is 3.31. The van der Waals surface area contributed by atoms with Crippen LogP contribution in [0, 0.1) is 0 Å². The van der Waals surface area contributed by atoms with Gasteiger partial charge < -0.3 is 10.5 Å². The van der Waals surface area contributed by atoms with Crippen molar-refractivity contribution >= 4 is 0 Å². The Morgan fingerprint density at radius 1 is 1.27 bits per heavy atom. The molecule has 0 radical (unpaired) electrons. The van der Waals surface area contributed by atoms with E-state index in [1.54, 1.807) is 6.92 Å². The van der Waals surface area contributed by atoms with Crippen LogP contribution in [0.25, 0.3) is 0 Å². The van der Waals surface area contributed by atoms with Crippen molar-refractivity contribution in [3.63, 3.8) is 0 Å². The summed E-state index contributed by atoms with van der Waals surface area (Å²) in [6.45, 7) is 2.04. The molecular formula is C10H12F3NO. The predicted molar refractivity (Wildman–Crippen MR) is 50.6 cm³/mol. The molecule has 0 saturated heterocycles. The monoisotopic (exact) mass is 219 g/mol.